The van der Waals surface area contributed by atoms with Crippen LogP contribution in [0.1, 0.15) is 110 Å². The van der Waals surface area contributed by atoms with Gasteiger partial charge in [0.1, 0.15) is 0 Å². The van der Waals surface area contributed by atoms with Crippen LogP contribution in [0.3, 0.4) is 0 Å². The maximum absolute atomic E-state index is 2.43. The normalized spacial score (nSPS) is 44.1. The van der Waals surface area contributed by atoms with Gasteiger partial charge < -0.3 is 0 Å². The summed E-state index contributed by atoms with van der Waals surface area (Å²) in [5, 5.41) is 0. The molecule has 2 aliphatic rings. The third-order valence-electron chi connectivity index (χ3n) is 8.62. The van der Waals surface area contributed by atoms with E-state index >= 15 is 0 Å². The van der Waals surface area contributed by atoms with Gasteiger partial charge in [-0.2, -0.15) is 0 Å². The highest BCUT2D eigenvalue weighted by Crippen LogP contribution is 2.47. The van der Waals surface area contributed by atoms with E-state index in [0.717, 1.165) is 59.2 Å². The lowest BCUT2D eigenvalue weighted by molar-refractivity contribution is 0.311. The van der Waals surface area contributed by atoms with E-state index in [0.29, 0.717) is 0 Å². The van der Waals surface area contributed by atoms with Crippen molar-refractivity contribution >= 4 is 0 Å². The van der Waals surface area contributed by atoms with Gasteiger partial charge in [0.25, 0.3) is 0 Å². The third kappa shape index (κ3) is 6.56. The molecular weight excluding hydrogens is 312 g/mol. The first kappa shape index (κ1) is 28.2. The topological polar surface area (TPSA) is 0 Å². The van der Waals surface area contributed by atoms with Crippen LogP contribution in [-0.4, -0.2) is 0 Å². The second-order valence-corrected chi connectivity index (χ2v) is 9.02. The Morgan fingerprint density at radius 1 is 0.346 bits per heavy atom. The van der Waals surface area contributed by atoms with Crippen molar-refractivity contribution in [2.75, 3.05) is 0 Å². The monoisotopic (exact) mass is 368 g/mol. The summed E-state index contributed by atoms with van der Waals surface area (Å²) in [5.41, 5.74) is 0. The number of rotatable bonds is 2. The van der Waals surface area contributed by atoms with Crippen molar-refractivity contribution in [2.45, 2.75) is 110 Å². The van der Waals surface area contributed by atoms with Crippen LogP contribution in [0.5, 0.6) is 0 Å². The Morgan fingerprint density at radius 2 is 0.500 bits per heavy atom. The van der Waals surface area contributed by atoms with E-state index in [1.807, 2.05) is 27.7 Å². The van der Waals surface area contributed by atoms with Crippen molar-refractivity contribution < 1.29 is 0 Å². The van der Waals surface area contributed by atoms with Gasteiger partial charge in [0.2, 0.25) is 0 Å². The van der Waals surface area contributed by atoms with Gasteiger partial charge in [-0.25, -0.2) is 0 Å². The molecule has 2 rings (SSSR count). The third-order valence-corrected chi connectivity index (χ3v) is 8.62. The zero-order chi connectivity index (χ0) is 21.2. The van der Waals surface area contributed by atoms with Crippen LogP contribution in [0.2, 0.25) is 0 Å². The molecule has 0 N–H and O–H groups in total. The van der Waals surface area contributed by atoms with E-state index in [1.165, 1.54) is 12.8 Å². The Morgan fingerprint density at radius 3 is 0.577 bits per heavy atom. The summed E-state index contributed by atoms with van der Waals surface area (Å²) in [6.07, 6.45) is 2.74. The largest absolute Gasteiger partial charge is 0.0683 e. The van der Waals surface area contributed by atoms with Crippen molar-refractivity contribution in [2.24, 2.45) is 59.2 Å². The Hall–Kier alpha value is 0. The maximum Gasteiger partial charge on any atom is -0.0360 e. The molecule has 0 amide bonds. The second-order valence-electron chi connectivity index (χ2n) is 9.02. The first-order valence-corrected chi connectivity index (χ1v) is 12.2. The molecule has 0 bridgehead atoms. The van der Waals surface area contributed by atoms with Crippen LogP contribution in [0.25, 0.3) is 0 Å². The van der Waals surface area contributed by atoms with Gasteiger partial charge in [-0.15, -0.1) is 0 Å². The smallest absolute Gasteiger partial charge is 0.0360 e. The van der Waals surface area contributed by atoms with Gasteiger partial charge in [-0.1, -0.05) is 110 Å². The molecule has 0 radical (unpaired) electrons. The highest BCUT2D eigenvalue weighted by Gasteiger charge is 2.40. The molecular formula is C26H56. The number of hydrogen-bond donors (Lipinski definition) is 0. The summed E-state index contributed by atoms with van der Waals surface area (Å²) in [5.74, 6) is 9.53. The van der Waals surface area contributed by atoms with E-state index in [4.69, 9.17) is 0 Å². The van der Waals surface area contributed by atoms with Crippen molar-refractivity contribution in [3.8, 4) is 0 Å². The summed E-state index contributed by atoms with van der Waals surface area (Å²) in [7, 11) is 0. The summed E-state index contributed by atoms with van der Waals surface area (Å²) in [6.45, 7) is 32.1. The van der Waals surface area contributed by atoms with Crippen LogP contribution in [0.4, 0.5) is 0 Å². The lowest BCUT2D eigenvalue weighted by Crippen LogP contribution is -2.11. The second kappa shape index (κ2) is 14.1. The fourth-order valence-electron chi connectivity index (χ4n) is 5.92. The highest BCUT2D eigenvalue weighted by molar-refractivity contribution is 4.89. The lowest BCUT2D eigenvalue weighted by Gasteiger charge is -2.18. The molecule has 0 heterocycles. The molecule has 0 heteroatoms. The molecule has 8 unspecified atom stereocenters. The minimum absolute atomic E-state index is 0.940. The van der Waals surface area contributed by atoms with Crippen molar-refractivity contribution in [3.63, 3.8) is 0 Å². The Balaban J connectivity index is 0. The Bertz CT molecular complexity index is 260. The zero-order valence-electron chi connectivity index (χ0n) is 21.2. The Kier molecular flexibility index (Phi) is 15.3. The van der Waals surface area contributed by atoms with Gasteiger partial charge in [0, 0.05) is 0 Å². The van der Waals surface area contributed by atoms with E-state index in [2.05, 4.69) is 69.2 Å². The molecule has 0 aliphatic heterocycles. The summed E-state index contributed by atoms with van der Waals surface area (Å²) >= 11 is 0. The van der Waals surface area contributed by atoms with Crippen LogP contribution < -0.4 is 0 Å². The zero-order valence-corrected chi connectivity index (χ0v) is 21.2. The van der Waals surface area contributed by atoms with Gasteiger partial charge in [-0.05, 0) is 59.2 Å². The van der Waals surface area contributed by atoms with Gasteiger partial charge in [-0.3, -0.25) is 0 Å². The molecule has 0 spiro atoms. The first-order chi connectivity index (χ1) is 12.2. The van der Waals surface area contributed by atoms with Crippen LogP contribution in [0, 0.1) is 59.2 Å². The summed E-state index contributed by atoms with van der Waals surface area (Å²) < 4.78 is 0. The van der Waals surface area contributed by atoms with E-state index in [-0.39, 0.29) is 0 Å². The van der Waals surface area contributed by atoms with E-state index < -0.39 is 0 Å². The molecule has 2 fully saturated rings. The standard InChI is InChI=1S/2C11H22.2C2H6/c2*1-6-11-9(4)7(2)8(3)10(11)5;2*1-2/h2*7-11H,6H2,1-5H3;2*1-2H3. The predicted molar refractivity (Wildman–Crippen MR) is 124 cm³/mol. The predicted octanol–water partition coefficient (Wildman–Crippen LogP) is 9.19. The van der Waals surface area contributed by atoms with Crippen molar-refractivity contribution in [3.05, 3.63) is 0 Å². The minimum atomic E-state index is 0.940. The fraction of sp³-hybridized carbons (Fsp3) is 1.00. The molecule has 0 aromatic heterocycles. The average Bonchev–Trinajstić information content (AvgIpc) is 2.98. The quantitative estimate of drug-likeness (QED) is 0.455. The fourth-order valence-corrected chi connectivity index (χ4v) is 5.92. The minimum Gasteiger partial charge on any atom is -0.0683 e. The van der Waals surface area contributed by atoms with Crippen LogP contribution in [0.15, 0.2) is 0 Å². The van der Waals surface area contributed by atoms with Gasteiger partial charge in [0.15, 0.2) is 0 Å². The molecule has 0 aromatic carbocycles. The first-order valence-electron chi connectivity index (χ1n) is 12.2. The van der Waals surface area contributed by atoms with E-state index in [9.17, 15) is 0 Å². The van der Waals surface area contributed by atoms with Gasteiger partial charge >= 0.3 is 0 Å². The average molecular weight is 369 g/mol. The Labute approximate surface area is 169 Å². The highest BCUT2D eigenvalue weighted by atomic mass is 14.5. The van der Waals surface area contributed by atoms with Crippen LogP contribution in [-0.2, 0) is 0 Å². The number of hydrogen-bond acceptors (Lipinski definition) is 0. The van der Waals surface area contributed by atoms with Crippen LogP contribution >= 0.6 is 0 Å². The molecule has 26 heavy (non-hydrogen) atoms. The maximum atomic E-state index is 2.43. The molecule has 8 atom stereocenters. The van der Waals surface area contributed by atoms with Crippen molar-refractivity contribution in [1.82, 2.24) is 0 Å². The molecule has 0 aromatic rings. The molecule has 160 valence electrons. The van der Waals surface area contributed by atoms with Crippen molar-refractivity contribution in [1.29, 1.82) is 0 Å². The SMILES string of the molecule is CC.CC.CCC1C(C)C(C)C(C)C1C.CCC1C(C)C(C)C(C)C1C. The van der Waals surface area contributed by atoms with Gasteiger partial charge in [0.05, 0.1) is 0 Å². The van der Waals surface area contributed by atoms with E-state index in [1.54, 1.807) is 0 Å². The summed E-state index contributed by atoms with van der Waals surface area (Å²) in [4.78, 5) is 0. The molecule has 2 saturated carbocycles. The molecule has 0 saturated heterocycles. The summed E-state index contributed by atoms with van der Waals surface area (Å²) in [6, 6.07) is 0. The molecule has 0 nitrogen and oxygen atoms in total. The lowest BCUT2D eigenvalue weighted by atomic mass is 9.87. The molecule has 2 aliphatic carbocycles.